The fourth-order valence-corrected chi connectivity index (χ4v) is 5.77. The molecule has 4 aromatic carbocycles. The minimum Gasteiger partial charge on any atom is -0.497 e. The Kier molecular flexibility index (Phi) is 10.1. The summed E-state index contributed by atoms with van der Waals surface area (Å²) in [4.78, 5) is 30.4. The summed E-state index contributed by atoms with van der Waals surface area (Å²) in [5.74, 6) is 0.498. The van der Waals surface area contributed by atoms with Crippen LogP contribution in [0.4, 0.5) is 10.5 Å². The van der Waals surface area contributed by atoms with E-state index in [-0.39, 0.29) is 5.91 Å². The molecule has 0 aromatic heterocycles. The van der Waals surface area contributed by atoms with E-state index < -0.39 is 22.7 Å². The van der Waals surface area contributed by atoms with Crippen molar-refractivity contribution in [1.29, 1.82) is 0 Å². The number of anilines is 1. The van der Waals surface area contributed by atoms with Gasteiger partial charge in [-0.05, 0) is 66.2 Å². The van der Waals surface area contributed by atoms with Crippen LogP contribution in [-0.4, -0.2) is 30.5 Å². The van der Waals surface area contributed by atoms with Gasteiger partial charge in [-0.25, -0.2) is 4.79 Å². The van der Waals surface area contributed by atoms with E-state index in [1.165, 1.54) is 0 Å². The lowest BCUT2D eigenvalue weighted by molar-refractivity contribution is -0.120. The van der Waals surface area contributed by atoms with Crippen molar-refractivity contribution < 1.29 is 14.3 Å². The van der Waals surface area contributed by atoms with Crippen molar-refractivity contribution in [3.63, 3.8) is 0 Å². The Bertz CT molecular complexity index is 1440. The van der Waals surface area contributed by atoms with Gasteiger partial charge in [0.05, 0.1) is 13.7 Å². The molecule has 3 amide bonds. The molecule has 2 N–H and O–H groups in total. The zero-order chi connectivity index (χ0) is 28.3. The van der Waals surface area contributed by atoms with Crippen molar-refractivity contribution in [1.82, 2.24) is 10.0 Å². The van der Waals surface area contributed by atoms with Crippen molar-refractivity contribution in [2.75, 3.05) is 12.0 Å². The highest BCUT2D eigenvalue weighted by Gasteiger charge is 2.28. The second-order valence-electron chi connectivity index (χ2n) is 9.26. The molecule has 4 aromatic rings. The third kappa shape index (κ3) is 7.61. The molecule has 4 rings (SSSR count). The molecule has 0 saturated heterocycles. The van der Waals surface area contributed by atoms with E-state index >= 15 is 0 Å². The Hall–Kier alpha value is -4.36. The Labute approximate surface area is 239 Å². The molecule has 2 atom stereocenters. The third-order valence-electron chi connectivity index (χ3n) is 6.49. The second kappa shape index (κ2) is 14.1. The van der Waals surface area contributed by atoms with Crippen molar-refractivity contribution in [3.05, 3.63) is 126 Å². The third-order valence-corrected chi connectivity index (χ3v) is 8.30. The number of hydrogen-bond donors (Lipinski definition) is 2. The summed E-state index contributed by atoms with van der Waals surface area (Å²) in [6, 6.07) is 33.7. The van der Waals surface area contributed by atoms with Crippen LogP contribution in [0.5, 0.6) is 5.75 Å². The van der Waals surface area contributed by atoms with Crippen LogP contribution >= 0.6 is 10.7 Å². The number of methoxy groups -OCH3 is 1. The average molecular weight is 554 g/mol. The van der Waals surface area contributed by atoms with Gasteiger partial charge in [-0.15, -0.1) is 0 Å². The maximum Gasteiger partial charge on any atom is 0.325 e. The molecule has 0 heterocycles. The summed E-state index contributed by atoms with van der Waals surface area (Å²) in [6.07, 6.45) is 0.350. The van der Waals surface area contributed by atoms with Crippen LogP contribution in [0.25, 0.3) is 0 Å². The predicted octanol–water partition coefficient (Wildman–Crippen LogP) is 6.51. The molecule has 0 saturated carbocycles. The number of hydrogen-bond acceptors (Lipinski definition) is 3. The molecule has 206 valence electrons. The van der Waals surface area contributed by atoms with Crippen molar-refractivity contribution >= 4 is 33.7 Å². The number of urea groups is 1. The number of ether oxygens (including phenoxy) is 1. The molecule has 0 aliphatic heterocycles. The van der Waals surface area contributed by atoms with Crippen LogP contribution in [-0.2, 0) is 17.8 Å². The normalized spacial score (nSPS) is 12.3. The summed E-state index contributed by atoms with van der Waals surface area (Å²) in [6.45, 7) is 4.31. The number of carbonyl (C=O) groups is 2. The highest BCUT2D eigenvalue weighted by atomic mass is 32.2. The molecule has 40 heavy (non-hydrogen) atoms. The van der Waals surface area contributed by atoms with Gasteiger partial charge in [0.2, 0.25) is 5.91 Å². The zero-order valence-corrected chi connectivity index (χ0v) is 23.9. The topological polar surface area (TPSA) is 70.7 Å². The minimum absolute atomic E-state index is 0.204. The number of nitrogens with zero attached hydrogens (tertiary/aromatic N) is 1. The predicted molar refractivity (Wildman–Crippen MR) is 165 cm³/mol. The first-order valence-electron chi connectivity index (χ1n) is 13.2. The number of amides is 3. The first-order chi connectivity index (χ1) is 19.5. The summed E-state index contributed by atoms with van der Waals surface area (Å²) < 4.78 is 8.40. The number of aryl methyl sites for hydroxylation is 1. The van der Waals surface area contributed by atoms with Gasteiger partial charge in [-0.3, -0.25) is 9.52 Å². The van der Waals surface area contributed by atoms with Gasteiger partial charge in [0.15, 0.2) is 0 Å². The van der Waals surface area contributed by atoms with Crippen molar-refractivity contribution in [3.8, 4) is 5.75 Å². The fourth-order valence-electron chi connectivity index (χ4n) is 4.39. The monoisotopic (exact) mass is 553 g/mol. The van der Waals surface area contributed by atoms with E-state index in [0.29, 0.717) is 18.7 Å². The lowest BCUT2D eigenvalue weighted by Crippen LogP contribution is -2.51. The smallest absolute Gasteiger partial charge is 0.325 e. The van der Waals surface area contributed by atoms with E-state index in [2.05, 4.69) is 10.0 Å². The molecule has 6 nitrogen and oxygen atoms in total. The first kappa shape index (κ1) is 28.6. The van der Waals surface area contributed by atoms with Crippen LogP contribution in [0, 0.1) is 6.92 Å². The Morgan fingerprint density at radius 1 is 0.850 bits per heavy atom. The Balaban J connectivity index is 1.64. The van der Waals surface area contributed by atoms with E-state index in [1.54, 1.807) is 12.0 Å². The molecular formula is C33H35N3O3S. The quantitative estimate of drug-likeness (QED) is 0.220. The Morgan fingerprint density at radius 2 is 1.45 bits per heavy atom. The molecule has 2 unspecified atom stereocenters. The van der Waals surface area contributed by atoms with E-state index in [4.69, 9.17) is 4.74 Å². The summed E-state index contributed by atoms with van der Waals surface area (Å²) in [7, 11) is 0.990. The molecule has 7 heteroatoms. The molecular weight excluding hydrogens is 518 g/mol. The lowest BCUT2D eigenvalue weighted by atomic mass is 10.0. The van der Waals surface area contributed by atoms with Gasteiger partial charge in [0.1, 0.15) is 11.8 Å². The molecule has 0 aliphatic carbocycles. The van der Waals surface area contributed by atoms with Gasteiger partial charge in [-0.2, -0.15) is 0 Å². The van der Waals surface area contributed by atoms with E-state index in [9.17, 15) is 9.59 Å². The molecule has 0 aliphatic rings. The summed E-state index contributed by atoms with van der Waals surface area (Å²) in [5.41, 5.74) is 3.75. The van der Waals surface area contributed by atoms with Crippen LogP contribution in [0.3, 0.4) is 0 Å². The van der Waals surface area contributed by atoms with Crippen molar-refractivity contribution in [2.45, 2.75) is 37.8 Å². The largest absolute Gasteiger partial charge is 0.497 e. The number of nitrogens with one attached hydrogen (secondary N) is 2. The van der Waals surface area contributed by atoms with Crippen LogP contribution < -0.4 is 19.7 Å². The SMILES string of the molecule is C/C=S(/NC(=O)NC(Cc1ccccc1)C(=O)N(Cc1ccccc1)c1ccc(OC)cc1)c1ccccc1C. The fraction of sp³-hybridized carbons (Fsp3) is 0.182. The maximum absolute atomic E-state index is 14.3. The summed E-state index contributed by atoms with van der Waals surface area (Å²) in [5, 5.41) is 4.97. The van der Waals surface area contributed by atoms with Crippen LogP contribution in [0.1, 0.15) is 23.6 Å². The van der Waals surface area contributed by atoms with Crippen molar-refractivity contribution in [2.24, 2.45) is 0 Å². The highest BCUT2D eigenvalue weighted by Crippen LogP contribution is 2.26. The highest BCUT2D eigenvalue weighted by molar-refractivity contribution is 8.13. The molecule has 0 spiro atoms. The minimum atomic E-state index is -0.799. The summed E-state index contributed by atoms with van der Waals surface area (Å²) >= 11 is 0. The molecule has 0 radical (unpaired) electrons. The number of rotatable bonds is 10. The van der Waals surface area contributed by atoms with Gasteiger partial charge in [0.25, 0.3) is 0 Å². The second-order valence-corrected chi connectivity index (χ2v) is 11.1. The average Bonchev–Trinajstić information content (AvgIpc) is 2.99. The molecule has 0 fully saturated rings. The van der Waals surface area contributed by atoms with Crippen LogP contribution in [0.2, 0.25) is 0 Å². The van der Waals surface area contributed by atoms with E-state index in [1.807, 2.05) is 128 Å². The standard InChI is InChI=1S/C33H35N3O3S/c1-4-40(31-18-12-11-13-25(31)2)35-33(38)34-30(23-26-14-7-5-8-15-26)32(37)36(24-27-16-9-6-10-17-27)28-19-21-29(39-3)22-20-28/h4-22,30H,23-24H2,1-3H3,(H2,34,35,38). The van der Waals surface area contributed by atoms with E-state index in [0.717, 1.165) is 27.3 Å². The number of carbonyl (C=O) groups excluding carboxylic acids is 2. The van der Waals surface area contributed by atoms with Crippen LogP contribution in [0.15, 0.2) is 114 Å². The van der Waals surface area contributed by atoms with Gasteiger partial charge >= 0.3 is 6.03 Å². The van der Waals surface area contributed by atoms with Gasteiger partial charge < -0.3 is 15.0 Å². The number of benzene rings is 4. The van der Waals surface area contributed by atoms with Gasteiger partial charge in [-0.1, -0.05) is 89.5 Å². The maximum atomic E-state index is 14.3. The lowest BCUT2D eigenvalue weighted by Gasteiger charge is -2.29. The first-order valence-corrected chi connectivity index (χ1v) is 14.5. The van der Waals surface area contributed by atoms with Gasteiger partial charge in [0, 0.05) is 17.0 Å². The Morgan fingerprint density at radius 3 is 2.05 bits per heavy atom. The molecule has 0 bridgehead atoms. The zero-order valence-electron chi connectivity index (χ0n) is 23.0.